The molecule has 0 radical (unpaired) electrons. The maximum absolute atomic E-state index is 13.6. The van der Waals surface area contributed by atoms with Crippen molar-refractivity contribution in [2.24, 2.45) is 4.99 Å². The van der Waals surface area contributed by atoms with Crippen molar-refractivity contribution in [2.75, 3.05) is 26.2 Å². The highest BCUT2D eigenvalue weighted by Crippen LogP contribution is 2.11. The highest BCUT2D eigenvalue weighted by molar-refractivity contribution is 5.79. The van der Waals surface area contributed by atoms with E-state index in [2.05, 4.69) is 15.6 Å². The zero-order valence-corrected chi connectivity index (χ0v) is 15.3. The Bertz CT molecular complexity index is 723. The molecule has 1 unspecified atom stereocenters. The van der Waals surface area contributed by atoms with Crippen LogP contribution in [0.15, 0.2) is 53.5 Å². The second kappa shape index (κ2) is 11.1. The molecule has 0 saturated carbocycles. The summed E-state index contributed by atoms with van der Waals surface area (Å²) in [6.07, 6.45) is -0.287. The number of nitrogens with zero attached hydrogens (tertiary/aromatic N) is 1. The van der Waals surface area contributed by atoms with Gasteiger partial charge in [0.2, 0.25) is 0 Å². The summed E-state index contributed by atoms with van der Waals surface area (Å²) in [5, 5.41) is 16.2. The standard InChI is InChI=1S/C20H25F2N3O2/c1-2-23-20(24-12-11-15-5-3-4-6-19(15)22)25-13-17(26)14-27-18-9-7-16(21)8-10-18/h3-10,17,26H,2,11-14H2,1H3,(H2,23,24,25). The van der Waals surface area contributed by atoms with Crippen LogP contribution in [-0.2, 0) is 6.42 Å². The number of nitrogens with one attached hydrogen (secondary N) is 2. The van der Waals surface area contributed by atoms with Crippen LogP contribution in [0.25, 0.3) is 0 Å². The minimum absolute atomic E-state index is 0.0454. The number of halogens is 2. The first-order valence-corrected chi connectivity index (χ1v) is 8.90. The topological polar surface area (TPSA) is 65.9 Å². The van der Waals surface area contributed by atoms with Gasteiger partial charge in [-0.25, -0.2) is 8.78 Å². The molecule has 0 spiro atoms. The summed E-state index contributed by atoms with van der Waals surface area (Å²) in [7, 11) is 0. The number of rotatable bonds is 9. The van der Waals surface area contributed by atoms with Gasteiger partial charge in [0.15, 0.2) is 5.96 Å². The van der Waals surface area contributed by atoms with Crippen molar-refractivity contribution in [3.63, 3.8) is 0 Å². The third-order valence-electron chi connectivity index (χ3n) is 3.71. The van der Waals surface area contributed by atoms with E-state index in [0.29, 0.717) is 36.8 Å². The first kappa shape index (κ1) is 20.6. The number of benzene rings is 2. The van der Waals surface area contributed by atoms with Crippen LogP contribution >= 0.6 is 0 Å². The predicted octanol–water partition coefficient (Wildman–Crippen LogP) is 2.50. The Hall–Kier alpha value is -2.67. The minimum atomic E-state index is -0.808. The van der Waals surface area contributed by atoms with Gasteiger partial charge in [0, 0.05) is 13.1 Å². The quantitative estimate of drug-likeness (QED) is 0.464. The maximum atomic E-state index is 13.6. The van der Waals surface area contributed by atoms with Crippen molar-refractivity contribution in [3.8, 4) is 5.75 Å². The second-order valence-electron chi connectivity index (χ2n) is 5.91. The molecule has 7 heteroatoms. The molecule has 0 heterocycles. The third-order valence-corrected chi connectivity index (χ3v) is 3.71. The van der Waals surface area contributed by atoms with E-state index in [1.165, 1.54) is 30.3 Å². The van der Waals surface area contributed by atoms with Crippen molar-refractivity contribution in [1.29, 1.82) is 0 Å². The second-order valence-corrected chi connectivity index (χ2v) is 5.91. The Balaban J connectivity index is 1.77. The maximum Gasteiger partial charge on any atom is 0.191 e. The fourth-order valence-corrected chi connectivity index (χ4v) is 2.33. The molecule has 1 atom stereocenters. The summed E-state index contributed by atoms with van der Waals surface area (Å²) in [4.78, 5) is 4.30. The molecule has 0 amide bonds. The summed E-state index contributed by atoms with van der Waals surface area (Å²) in [6, 6.07) is 12.2. The van der Waals surface area contributed by atoms with Crippen molar-refractivity contribution in [3.05, 3.63) is 65.7 Å². The van der Waals surface area contributed by atoms with Gasteiger partial charge in [0.25, 0.3) is 0 Å². The number of aliphatic hydroxyl groups excluding tert-OH is 1. The normalized spacial score (nSPS) is 12.5. The molecular formula is C20H25F2N3O2. The largest absolute Gasteiger partial charge is 0.491 e. The number of hydrogen-bond acceptors (Lipinski definition) is 3. The van der Waals surface area contributed by atoms with Crippen LogP contribution < -0.4 is 15.4 Å². The minimum Gasteiger partial charge on any atom is -0.491 e. The molecule has 2 aromatic rings. The molecule has 0 aliphatic rings. The molecule has 2 rings (SSSR count). The lowest BCUT2D eigenvalue weighted by Gasteiger charge is -2.14. The summed E-state index contributed by atoms with van der Waals surface area (Å²) in [5.41, 5.74) is 0.633. The molecule has 0 aliphatic carbocycles. The van der Waals surface area contributed by atoms with Gasteiger partial charge in [0.05, 0.1) is 6.54 Å². The molecule has 2 aromatic carbocycles. The number of aliphatic imine (C=N–C) groups is 1. The van der Waals surface area contributed by atoms with Gasteiger partial charge < -0.3 is 20.5 Å². The lowest BCUT2D eigenvalue weighted by atomic mass is 10.1. The molecule has 5 nitrogen and oxygen atoms in total. The van der Waals surface area contributed by atoms with Gasteiger partial charge in [-0.1, -0.05) is 18.2 Å². The first-order valence-electron chi connectivity index (χ1n) is 8.90. The van der Waals surface area contributed by atoms with E-state index in [-0.39, 0.29) is 24.8 Å². The molecule has 0 aromatic heterocycles. The van der Waals surface area contributed by atoms with Crippen LogP contribution in [0.5, 0.6) is 5.75 Å². The van der Waals surface area contributed by atoms with Crippen LogP contribution in [0.2, 0.25) is 0 Å². The number of guanidine groups is 1. The van der Waals surface area contributed by atoms with Crippen molar-refractivity contribution >= 4 is 5.96 Å². The van der Waals surface area contributed by atoms with Gasteiger partial charge in [-0.05, 0) is 49.2 Å². The number of aliphatic hydroxyl groups is 1. The number of ether oxygens (including phenoxy) is 1. The summed E-state index contributed by atoms with van der Waals surface area (Å²) >= 11 is 0. The van der Waals surface area contributed by atoms with Gasteiger partial charge in [-0.2, -0.15) is 0 Å². The summed E-state index contributed by atoms with van der Waals surface area (Å²) < 4.78 is 31.9. The molecular weight excluding hydrogens is 352 g/mol. The van der Waals surface area contributed by atoms with Crippen molar-refractivity contribution in [2.45, 2.75) is 19.4 Å². The lowest BCUT2D eigenvalue weighted by molar-refractivity contribution is 0.114. The fourth-order valence-electron chi connectivity index (χ4n) is 2.33. The molecule has 0 aliphatic heterocycles. The van der Waals surface area contributed by atoms with Crippen LogP contribution in [0.4, 0.5) is 8.78 Å². The van der Waals surface area contributed by atoms with Gasteiger partial charge in [-0.3, -0.25) is 4.99 Å². The van der Waals surface area contributed by atoms with E-state index in [1.807, 2.05) is 6.92 Å². The first-order chi connectivity index (χ1) is 13.1. The Labute approximate surface area is 158 Å². The van der Waals surface area contributed by atoms with Crippen LogP contribution in [0.1, 0.15) is 12.5 Å². The van der Waals surface area contributed by atoms with E-state index in [1.54, 1.807) is 18.2 Å². The Morgan fingerprint density at radius 3 is 2.56 bits per heavy atom. The molecule has 27 heavy (non-hydrogen) atoms. The molecule has 0 bridgehead atoms. The monoisotopic (exact) mass is 377 g/mol. The zero-order chi connectivity index (χ0) is 19.5. The molecule has 0 fully saturated rings. The van der Waals surface area contributed by atoms with Crippen molar-refractivity contribution in [1.82, 2.24) is 10.6 Å². The SMILES string of the molecule is CCNC(=NCC(O)COc1ccc(F)cc1)NCCc1ccccc1F. The zero-order valence-electron chi connectivity index (χ0n) is 15.3. The van der Waals surface area contributed by atoms with Crippen LogP contribution in [0, 0.1) is 11.6 Å². The van der Waals surface area contributed by atoms with Crippen molar-refractivity contribution < 1.29 is 18.6 Å². The Morgan fingerprint density at radius 1 is 1.11 bits per heavy atom. The fraction of sp³-hybridized carbons (Fsp3) is 0.350. The Kier molecular flexibility index (Phi) is 8.51. The van der Waals surface area contributed by atoms with Gasteiger partial charge >= 0.3 is 0 Å². The lowest BCUT2D eigenvalue weighted by Crippen LogP contribution is -2.39. The van der Waals surface area contributed by atoms with Crippen LogP contribution in [-0.4, -0.2) is 43.4 Å². The average molecular weight is 377 g/mol. The van der Waals surface area contributed by atoms with Gasteiger partial charge in [-0.15, -0.1) is 0 Å². The number of hydrogen-bond donors (Lipinski definition) is 3. The Morgan fingerprint density at radius 2 is 1.85 bits per heavy atom. The predicted molar refractivity (Wildman–Crippen MR) is 102 cm³/mol. The molecule has 146 valence electrons. The smallest absolute Gasteiger partial charge is 0.191 e. The van der Waals surface area contributed by atoms with E-state index in [4.69, 9.17) is 4.74 Å². The van der Waals surface area contributed by atoms with Gasteiger partial charge in [0.1, 0.15) is 30.1 Å². The molecule has 0 saturated heterocycles. The third kappa shape index (κ3) is 7.62. The van der Waals surface area contributed by atoms with E-state index >= 15 is 0 Å². The highest BCUT2D eigenvalue weighted by atomic mass is 19.1. The summed E-state index contributed by atoms with van der Waals surface area (Å²) in [5.74, 6) is 0.447. The van der Waals surface area contributed by atoms with E-state index in [0.717, 1.165) is 0 Å². The average Bonchev–Trinajstić information content (AvgIpc) is 2.67. The van der Waals surface area contributed by atoms with E-state index < -0.39 is 6.10 Å². The van der Waals surface area contributed by atoms with Crippen LogP contribution in [0.3, 0.4) is 0 Å². The highest BCUT2D eigenvalue weighted by Gasteiger charge is 2.07. The summed E-state index contributed by atoms with van der Waals surface area (Å²) in [6.45, 7) is 3.28. The van der Waals surface area contributed by atoms with E-state index in [9.17, 15) is 13.9 Å². The molecule has 3 N–H and O–H groups in total.